The average molecular weight is 651 g/mol. The molecule has 248 valence electrons. The third-order valence-electron chi connectivity index (χ3n) is 8.40. The highest BCUT2D eigenvalue weighted by Gasteiger charge is 2.53. The molecule has 0 spiro atoms. The molecule has 3 amide bonds. The molecule has 1 aliphatic carbocycles. The van der Waals surface area contributed by atoms with E-state index in [1.54, 1.807) is 13.0 Å². The number of alkyl halides is 5. The van der Waals surface area contributed by atoms with Crippen molar-refractivity contribution >= 4 is 34.8 Å². The monoisotopic (exact) mass is 650 g/mol. The highest BCUT2D eigenvalue weighted by Crippen LogP contribution is 2.38. The Bertz CT molecular complexity index is 1560. The summed E-state index contributed by atoms with van der Waals surface area (Å²) in [6.07, 6.45) is -4.42. The molecular weight excluding hydrogens is 614 g/mol. The van der Waals surface area contributed by atoms with Crippen LogP contribution in [0.25, 0.3) is 0 Å². The number of amides is 3. The second-order valence-electron chi connectivity index (χ2n) is 12.1. The lowest BCUT2D eigenvalue weighted by Crippen LogP contribution is -2.48. The van der Waals surface area contributed by atoms with Crippen molar-refractivity contribution < 1.29 is 40.7 Å². The van der Waals surface area contributed by atoms with Crippen molar-refractivity contribution in [2.24, 2.45) is 11.3 Å². The maximum atomic E-state index is 15.7. The third-order valence-corrected chi connectivity index (χ3v) is 8.40. The van der Waals surface area contributed by atoms with Gasteiger partial charge < -0.3 is 20.9 Å². The summed E-state index contributed by atoms with van der Waals surface area (Å²) in [7, 11) is 0. The van der Waals surface area contributed by atoms with Gasteiger partial charge in [-0.25, -0.2) is 13.2 Å². The number of aryl methyl sites for hydroxylation is 1. The van der Waals surface area contributed by atoms with Crippen molar-refractivity contribution in [2.75, 3.05) is 35.2 Å². The van der Waals surface area contributed by atoms with Crippen LogP contribution in [0.2, 0.25) is 0 Å². The predicted molar refractivity (Wildman–Crippen MR) is 164 cm³/mol. The largest absolute Gasteiger partial charge is 0.402 e. The topological polar surface area (TPSA) is 90.5 Å². The van der Waals surface area contributed by atoms with E-state index >= 15 is 4.39 Å². The van der Waals surface area contributed by atoms with E-state index in [2.05, 4.69) is 16.0 Å². The summed E-state index contributed by atoms with van der Waals surface area (Å²) in [5, 5.41) is 7.46. The Kier molecular flexibility index (Phi) is 10.2. The molecular formula is C33H36F6N4O3. The quantitative estimate of drug-likeness (QED) is 0.274. The highest BCUT2D eigenvalue weighted by atomic mass is 19.4. The maximum Gasteiger partial charge on any atom is 0.402 e. The smallest absolute Gasteiger partial charge is 0.371 e. The minimum atomic E-state index is -4.82. The van der Waals surface area contributed by atoms with Gasteiger partial charge in [0.1, 0.15) is 23.6 Å². The number of nitrogens with zero attached hydrogens (tertiary/aromatic N) is 1. The van der Waals surface area contributed by atoms with Crippen LogP contribution in [0.3, 0.4) is 0 Å². The fourth-order valence-electron chi connectivity index (χ4n) is 5.21. The first-order valence-electron chi connectivity index (χ1n) is 14.8. The van der Waals surface area contributed by atoms with Gasteiger partial charge in [0.2, 0.25) is 11.8 Å². The van der Waals surface area contributed by atoms with Gasteiger partial charge in [-0.15, -0.1) is 0 Å². The van der Waals surface area contributed by atoms with Crippen LogP contribution in [0, 0.1) is 24.1 Å². The van der Waals surface area contributed by atoms with Gasteiger partial charge in [0.25, 0.3) is 5.91 Å². The van der Waals surface area contributed by atoms with Crippen molar-refractivity contribution in [3.8, 4) is 0 Å². The maximum absolute atomic E-state index is 15.7. The zero-order valence-electron chi connectivity index (χ0n) is 25.8. The van der Waals surface area contributed by atoms with Crippen molar-refractivity contribution in [3.05, 3.63) is 76.6 Å². The molecule has 0 aromatic heterocycles. The minimum Gasteiger partial charge on any atom is -0.371 e. The fourth-order valence-corrected chi connectivity index (χ4v) is 5.21. The van der Waals surface area contributed by atoms with Crippen LogP contribution < -0.4 is 20.9 Å². The number of nitrogens with one attached hydrogen (secondary N) is 3. The van der Waals surface area contributed by atoms with E-state index in [1.807, 2.05) is 4.90 Å². The zero-order valence-corrected chi connectivity index (χ0v) is 25.8. The van der Waals surface area contributed by atoms with Crippen LogP contribution in [0.4, 0.5) is 43.4 Å². The Morgan fingerprint density at radius 1 is 0.913 bits per heavy atom. The van der Waals surface area contributed by atoms with Gasteiger partial charge in [-0.2, -0.15) is 13.2 Å². The van der Waals surface area contributed by atoms with Gasteiger partial charge in [0.15, 0.2) is 0 Å². The molecule has 1 fully saturated rings. The first-order valence-corrected chi connectivity index (χ1v) is 14.8. The molecule has 2 unspecified atom stereocenters. The molecule has 2 aromatic carbocycles. The number of halogens is 6. The second kappa shape index (κ2) is 13.6. The van der Waals surface area contributed by atoms with Gasteiger partial charge >= 0.3 is 6.18 Å². The summed E-state index contributed by atoms with van der Waals surface area (Å²) >= 11 is 0. The van der Waals surface area contributed by atoms with Crippen molar-refractivity contribution in [1.82, 2.24) is 5.32 Å². The van der Waals surface area contributed by atoms with Crippen LogP contribution in [0.1, 0.15) is 49.5 Å². The summed E-state index contributed by atoms with van der Waals surface area (Å²) in [5.41, 5.74) is -1.01. The minimum absolute atomic E-state index is 0.0849. The summed E-state index contributed by atoms with van der Waals surface area (Å²) in [6, 6.07) is 8.61. The van der Waals surface area contributed by atoms with Gasteiger partial charge in [0.05, 0.1) is 11.5 Å². The highest BCUT2D eigenvalue weighted by molar-refractivity contribution is 6.09. The molecule has 0 bridgehead atoms. The summed E-state index contributed by atoms with van der Waals surface area (Å²) < 4.78 is 83.1. The summed E-state index contributed by atoms with van der Waals surface area (Å²) in [5.74, 6) is -4.49. The molecule has 3 N–H and O–H groups in total. The number of carbonyl (C=O) groups is 3. The van der Waals surface area contributed by atoms with Crippen molar-refractivity contribution in [3.63, 3.8) is 0 Å². The van der Waals surface area contributed by atoms with Crippen molar-refractivity contribution in [2.45, 2.75) is 59.1 Å². The van der Waals surface area contributed by atoms with E-state index in [-0.39, 0.29) is 29.7 Å². The first kappa shape index (κ1) is 34.6. The number of allylic oxidation sites excluding steroid dienone is 2. The number of hydrogen-bond acceptors (Lipinski definition) is 4. The Hall–Kier alpha value is -4.29. The van der Waals surface area contributed by atoms with Gasteiger partial charge in [-0.1, -0.05) is 17.7 Å². The average Bonchev–Trinajstić information content (AvgIpc) is 2.98. The van der Waals surface area contributed by atoms with E-state index in [0.717, 1.165) is 0 Å². The van der Waals surface area contributed by atoms with Crippen LogP contribution in [-0.2, 0) is 9.59 Å². The van der Waals surface area contributed by atoms with Crippen molar-refractivity contribution in [1.29, 1.82) is 0 Å². The van der Waals surface area contributed by atoms with Crippen LogP contribution in [-0.4, -0.2) is 55.9 Å². The van der Waals surface area contributed by atoms with Crippen LogP contribution in [0.15, 0.2) is 59.7 Å². The standard InChI is InChI=1S/C33H36F6N4O3/c1-18-5-6-20(17-40-31(46)32(3,4)33(37,38)39)28(36)27(18)30(45)42-23-8-10-26(43-13-11-21(34)12-14-43)24(16-23)29(44)41-22-7-9-25(35)19(2)15-22/h5-10,15-16,21,27-28H,11-14,17H2,1-4H3,(H,40,46)(H,41,44)(H,42,45). The van der Waals surface area contributed by atoms with E-state index in [9.17, 15) is 36.3 Å². The van der Waals surface area contributed by atoms with Crippen LogP contribution >= 0.6 is 0 Å². The molecule has 13 heteroatoms. The number of benzene rings is 2. The number of piperidine rings is 1. The normalized spacial score (nSPS) is 19.2. The van der Waals surface area contributed by atoms with E-state index < -0.39 is 59.9 Å². The predicted octanol–water partition coefficient (Wildman–Crippen LogP) is 6.81. The lowest BCUT2D eigenvalue weighted by molar-refractivity contribution is -0.211. The SMILES string of the molecule is CC1=CC=C(CNC(=O)C(C)(C)C(F)(F)F)C(F)C1C(=O)Nc1ccc(N2CCC(F)CC2)c(C(=O)Nc2ccc(F)c(C)c2)c1. The number of hydrogen-bond donors (Lipinski definition) is 3. The lowest BCUT2D eigenvalue weighted by atomic mass is 9.85. The lowest BCUT2D eigenvalue weighted by Gasteiger charge is -2.32. The van der Waals surface area contributed by atoms with Gasteiger partial charge in [-0.3, -0.25) is 14.4 Å². The zero-order chi connectivity index (χ0) is 34.0. The molecule has 0 radical (unpaired) electrons. The molecule has 46 heavy (non-hydrogen) atoms. The number of anilines is 3. The molecule has 2 aromatic rings. The molecule has 4 rings (SSSR count). The van der Waals surface area contributed by atoms with Crippen LogP contribution in [0.5, 0.6) is 0 Å². The molecule has 1 saturated heterocycles. The first-order chi connectivity index (χ1) is 21.5. The van der Waals surface area contributed by atoms with Gasteiger partial charge in [0, 0.05) is 36.7 Å². The van der Waals surface area contributed by atoms with E-state index in [0.29, 0.717) is 49.4 Å². The van der Waals surface area contributed by atoms with E-state index in [1.165, 1.54) is 49.4 Å². The molecule has 2 aliphatic rings. The molecule has 1 heterocycles. The van der Waals surface area contributed by atoms with E-state index in [4.69, 9.17) is 0 Å². The Balaban J connectivity index is 1.54. The molecule has 7 nitrogen and oxygen atoms in total. The third kappa shape index (κ3) is 7.56. The summed E-state index contributed by atoms with van der Waals surface area (Å²) in [4.78, 5) is 40.9. The Morgan fingerprint density at radius 2 is 1.54 bits per heavy atom. The van der Waals surface area contributed by atoms with Gasteiger partial charge in [-0.05, 0) is 88.1 Å². The number of rotatable bonds is 8. The summed E-state index contributed by atoms with van der Waals surface area (Å²) in [6.45, 7) is 4.67. The molecule has 1 aliphatic heterocycles. The Labute approximate surface area is 263 Å². The molecule has 2 atom stereocenters. The fraction of sp³-hybridized carbons (Fsp3) is 0.424. The number of carbonyl (C=O) groups excluding carboxylic acids is 3. The Morgan fingerprint density at radius 3 is 2.17 bits per heavy atom. The molecule has 0 saturated carbocycles. The second-order valence-corrected chi connectivity index (χ2v) is 12.1.